The van der Waals surface area contributed by atoms with Crippen LogP contribution >= 0.6 is 0 Å². The van der Waals surface area contributed by atoms with Crippen molar-refractivity contribution in [1.82, 2.24) is 0 Å². The van der Waals surface area contributed by atoms with Crippen LogP contribution in [-0.4, -0.2) is 11.6 Å². The maximum absolute atomic E-state index is 11.6. The van der Waals surface area contributed by atoms with Gasteiger partial charge in [-0.1, -0.05) is 18.9 Å². The molecule has 0 heterocycles. The van der Waals surface area contributed by atoms with Gasteiger partial charge in [-0.05, 0) is 41.0 Å². The second-order valence-electron chi connectivity index (χ2n) is 4.52. The number of carbonyl (C=O) groups excluding carboxylic acids is 1. The Morgan fingerprint density at radius 3 is 2.07 bits per heavy atom. The lowest BCUT2D eigenvalue weighted by Crippen LogP contribution is -2.28. The third-order valence-corrected chi connectivity index (χ3v) is 2.28. The van der Waals surface area contributed by atoms with Gasteiger partial charge in [0.25, 0.3) is 0 Å². The standard InChI is InChI=1S/C12H22O2/c1-7-8-12(5,6)14-11(13)10(4)9(2)3/h7-8H2,1-6H3. The summed E-state index contributed by atoms with van der Waals surface area (Å²) in [4.78, 5) is 11.6. The van der Waals surface area contributed by atoms with E-state index in [0.29, 0.717) is 5.57 Å². The van der Waals surface area contributed by atoms with Gasteiger partial charge in [-0.3, -0.25) is 0 Å². The van der Waals surface area contributed by atoms with Crippen LogP contribution in [0, 0.1) is 0 Å². The molecular formula is C12H22O2. The fourth-order valence-corrected chi connectivity index (χ4v) is 1.18. The van der Waals surface area contributed by atoms with Crippen molar-refractivity contribution in [3.63, 3.8) is 0 Å². The molecule has 2 heteroatoms. The third kappa shape index (κ3) is 4.45. The SMILES string of the molecule is CCCC(C)(C)OC(=O)C(C)=C(C)C. The Labute approximate surface area is 87.3 Å². The quantitative estimate of drug-likeness (QED) is 0.510. The van der Waals surface area contributed by atoms with E-state index in [9.17, 15) is 4.79 Å². The molecule has 0 atom stereocenters. The molecule has 0 aromatic rings. The number of carbonyl (C=O) groups is 1. The molecule has 0 aromatic heterocycles. The predicted molar refractivity (Wildman–Crippen MR) is 59.1 cm³/mol. The Kier molecular flexibility index (Phi) is 4.89. The lowest BCUT2D eigenvalue weighted by atomic mass is 10.0. The molecule has 0 aliphatic rings. The van der Waals surface area contributed by atoms with E-state index >= 15 is 0 Å². The molecule has 0 saturated heterocycles. The molecule has 0 saturated carbocycles. The summed E-state index contributed by atoms with van der Waals surface area (Å²) in [5, 5.41) is 0. The maximum Gasteiger partial charge on any atom is 0.334 e. The Morgan fingerprint density at radius 2 is 1.71 bits per heavy atom. The van der Waals surface area contributed by atoms with Gasteiger partial charge in [0.1, 0.15) is 5.60 Å². The largest absolute Gasteiger partial charge is 0.456 e. The van der Waals surface area contributed by atoms with Gasteiger partial charge in [-0.25, -0.2) is 4.79 Å². The van der Waals surface area contributed by atoms with Crippen LogP contribution in [0.2, 0.25) is 0 Å². The van der Waals surface area contributed by atoms with Crippen LogP contribution in [0.1, 0.15) is 54.4 Å². The van der Waals surface area contributed by atoms with Gasteiger partial charge in [0.15, 0.2) is 0 Å². The number of ether oxygens (including phenoxy) is 1. The Balaban J connectivity index is 4.40. The average Bonchev–Trinajstić information content (AvgIpc) is 2.01. The first-order chi connectivity index (χ1) is 6.30. The van der Waals surface area contributed by atoms with E-state index in [2.05, 4.69) is 6.92 Å². The Hall–Kier alpha value is -0.790. The second-order valence-corrected chi connectivity index (χ2v) is 4.52. The van der Waals surface area contributed by atoms with Crippen molar-refractivity contribution in [2.45, 2.75) is 60.0 Å². The van der Waals surface area contributed by atoms with Crippen molar-refractivity contribution in [3.8, 4) is 0 Å². The molecular weight excluding hydrogens is 176 g/mol. The van der Waals surface area contributed by atoms with Gasteiger partial charge in [-0.2, -0.15) is 0 Å². The molecule has 0 spiro atoms. The highest BCUT2D eigenvalue weighted by molar-refractivity contribution is 5.88. The van der Waals surface area contributed by atoms with Crippen LogP contribution < -0.4 is 0 Å². The molecule has 0 aliphatic carbocycles. The van der Waals surface area contributed by atoms with E-state index in [0.717, 1.165) is 18.4 Å². The van der Waals surface area contributed by atoms with Crippen LogP contribution in [0.4, 0.5) is 0 Å². The number of hydrogen-bond acceptors (Lipinski definition) is 2. The fraction of sp³-hybridized carbons (Fsp3) is 0.750. The monoisotopic (exact) mass is 198 g/mol. The number of rotatable bonds is 4. The van der Waals surface area contributed by atoms with Crippen LogP contribution in [0.5, 0.6) is 0 Å². The minimum absolute atomic E-state index is 0.191. The second kappa shape index (κ2) is 5.18. The first kappa shape index (κ1) is 13.2. The summed E-state index contributed by atoms with van der Waals surface area (Å²) in [5.74, 6) is -0.191. The van der Waals surface area contributed by atoms with Gasteiger partial charge < -0.3 is 4.74 Å². The fourth-order valence-electron chi connectivity index (χ4n) is 1.18. The molecule has 82 valence electrons. The summed E-state index contributed by atoms with van der Waals surface area (Å²) in [6, 6.07) is 0. The first-order valence-electron chi connectivity index (χ1n) is 5.17. The summed E-state index contributed by atoms with van der Waals surface area (Å²) in [6.07, 6.45) is 1.92. The van der Waals surface area contributed by atoms with Crippen molar-refractivity contribution in [2.24, 2.45) is 0 Å². The molecule has 0 aliphatic heterocycles. The first-order valence-corrected chi connectivity index (χ1v) is 5.17. The average molecular weight is 198 g/mol. The topological polar surface area (TPSA) is 26.3 Å². The normalized spacial score (nSPS) is 11.0. The summed E-state index contributed by atoms with van der Waals surface area (Å²) in [7, 11) is 0. The smallest absolute Gasteiger partial charge is 0.334 e. The van der Waals surface area contributed by atoms with Crippen molar-refractivity contribution in [1.29, 1.82) is 0 Å². The molecule has 0 unspecified atom stereocenters. The summed E-state index contributed by atoms with van der Waals surface area (Å²) in [6.45, 7) is 11.6. The molecule has 14 heavy (non-hydrogen) atoms. The third-order valence-electron chi connectivity index (χ3n) is 2.28. The highest BCUT2D eigenvalue weighted by Gasteiger charge is 2.22. The predicted octanol–water partition coefficient (Wildman–Crippen LogP) is 3.46. The van der Waals surface area contributed by atoms with Gasteiger partial charge in [0, 0.05) is 5.57 Å². The number of allylic oxidation sites excluding steroid dienone is 1. The van der Waals surface area contributed by atoms with Gasteiger partial charge >= 0.3 is 5.97 Å². The van der Waals surface area contributed by atoms with Crippen LogP contribution in [0.25, 0.3) is 0 Å². The Bertz CT molecular complexity index is 233. The lowest BCUT2D eigenvalue weighted by Gasteiger charge is -2.24. The van der Waals surface area contributed by atoms with Gasteiger partial charge in [0.2, 0.25) is 0 Å². The zero-order valence-electron chi connectivity index (χ0n) is 10.2. The Morgan fingerprint density at radius 1 is 1.21 bits per heavy atom. The number of hydrogen-bond donors (Lipinski definition) is 0. The van der Waals surface area contributed by atoms with Gasteiger partial charge in [0.05, 0.1) is 0 Å². The summed E-state index contributed by atoms with van der Waals surface area (Å²) in [5.41, 5.74) is 1.39. The summed E-state index contributed by atoms with van der Waals surface area (Å²) < 4.78 is 5.40. The molecule has 0 bridgehead atoms. The van der Waals surface area contributed by atoms with Crippen molar-refractivity contribution < 1.29 is 9.53 Å². The van der Waals surface area contributed by atoms with E-state index in [-0.39, 0.29) is 11.6 Å². The molecule has 0 N–H and O–H groups in total. The molecule has 0 aromatic carbocycles. The van der Waals surface area contributed by atoms with E-state index in [1.54, 1.807) is 6.92 Å². The summed E-state index contributed by atoms with van der Waals surface area (Å²) >= 11 is 0. The van der Waals surface area contributed by atoms with E-state index in [1.807, 2.05) is 27.7 Å². The van der Waals surface area contributed by atoms with Crippen molar-refractivity contribution in [2.75, 3.05) is 0 Å². The van der Waals surface area contributed by atoms with E-state index in [1.165, 1.54) is 0 Å². The van der Waals surface area contributed by atoms with E-state index < -0.39 is 0 Å². The minimum atomic E-state index is -0.345. The van der Waals surface area contributed by atoms with E-state index in [4.69, 9.17) is 4.74 Å². The zero-order chi connectivity index (χ0) is 11.4. The number of esters is 1. The van der Waals surface area contributed by atoms with Crippen molar-refractivity contribution in [3.05, 3.63) is 11.1 Å². The van der Waals surface area contributed by atoms with Crippen LogP contribution in [0.15, 0.2) is 11.1 Å². The molecule has 0 rings (SSSR count). The molecule has 0 radical (unpaired) electrons. The molecule has 0 fully saturated rings. The highest BCUT2D eigenvalue weighted by Crippen LogP contribution is 2.19. The highest BCUT2D eigenvalue weighted by atomic mass is 16.6. The van der Waals surface area contributed by atoms with Crippen LogP contribution in [-0.2, 0) is 9.53 Å². The minimum Gasteiger partial charge on any atom is -0.456 e. The molecule has 0 amide bonds. The lowest BCUT2D eigenvalue weighted by molar-refractivity contribution is -0.152. The van der Waals surface area contributed by atoms with Gasteiger partial charge in [-0.15, -0.1) is 0 Å². The van der Waals surface area contributed by atoms with Crippen LogP contribution in [0.3, 0.4) is 0 Å². The van der Waals surface area contributed by atoms with Crippen molar-refractivity contribution >= 4 is 5.97 Å². The maximum atomic E-state index is 11.6. The molecule has 2 nitrogen and oxygen atoms in total. The zero-order valence-corrected chi connectivity index (χ0v) is 10.2.